The normalized spacial score (nSPS) is 19.8. The summed E-state index contributed by atoms with van der Waals surface area (Å²) in [6, 6.07) is 5.63. The number of benzene rings is 1. The van der Waals surface area contributed by atoms with Crippen molar-refractivity contribution >= 4 is 21.8 Å². The Balaban J connectivity index is 1.86. The summed E-state index contributed by atoms with van der Waals surface area (Å²) >= 11 is 3.46. The largest absolute Gasteiger partial charge is 0.388 e. The molecule has 1 saturated carbocycles. The molecule has 0 saturated heterocycles. The number of halogens is 2. The van der Waals surface area contributed by atoms with E-state index in [1.807, 2.05) is 6.92 Å². The second-order valence-corrected chi connectivity index (χ2v) is 7.01. The Kier molecular flexibility index (Phi) is 4.81. The molecule has 0 heterocycles. The number of rotatable bonds is 5. The minimum atomic E-state index is -0.710. The third kappa shape index (κ3) is 3.58. The van der Waals surface area contributed by atoms with Crippen molar-refractivity contribution in [3.05, 3.63) is 35.6 Å². The van der Waals surface area contributed by atoms with Crippen molar-refractivity contribution in [3.8, 4) is 0 Å². The second kappa shape index (κ2) is 6.22. The number of carbonyl (C=O) groups excluding carboxylic acids is 1. The average Bonchev–Trinajstić information content (AvgIpc) is 2.36. The molecule has 0 bridgehead atoms. The van der Waals surface area contributed by atoms with E-state index in [0.717, 1.165) is 19.3 Å². The van der Waals surface area contributed by atoms with Gasteiger partial charge in [-0.2, -0.15) is 0 Å². The Morgan fingerprint density at radius 2 is 2.05 bits per heavy atom. The zero-order valence-corrected chi connectivity index (χ0v) is 13.0. The third-order valence-corrected chi connectivity index (χ3v) is 4.92. The van der Waals surface area contributed by atoms with E-state index < -0.39 is 10.4 Å². The minimum absolute atomic E-state index is 0.0115. The quantitative estimate of drug-likeness (QED) is 0.807. The lowest BCUT2D eigenvalue weighted by Crippen LogP contribution is -2.49. The van der Waals surface area contributed by atoms with Crippen molar-refractivity contribution in [1.82, 2.24) is 5.32 Å². The van der Waals surface area contributed by atoms with Crippen LogP contribution in [0, 0.1) is 5.82 Å². The first kappa shape index (κ1) is 15.4. The van der Waals surface area contributed by atoms with Gasteiger partial charge in [0.15, 0.2) is 0 Å². The molecule has 0 aliphatic heterocycles. The topological polar surface area (TPSA) is 49.3 Å². The predicted octanol–water partition coefficient (Wildman–Crippen LogP) is 3.07. The van der Waals surface area contributed by atoms with Gasteiger partial charge in [0.25, 0.3) is 0 Å². The van der Waals surface area contributed by atoms with Crippen LogP contribution in [0.5, 0.6) is 0 Å². The summed E-state index contributed by atoms with van der Waals surface area (Å²) in [6.45, 7) is 1.86. The lowest BCUT2D eigenvalue weighted by molar-refractivity contribution is -0.125. The zero-order valence-electron chi connectivity index (χ0n) is 11.4. The molecule has 20 heavy (non-hydrogen) atoms. The summed E-state index contributed by atoms with van der Waals surface area (Å²) in [5.41, 5.74) is 0.657. The number of amides is 1. The summed E-state index contributed by atoms with van der Waals surface area (Å²) in [5.74, 6) is -0.337. The fraction of sp³-hybridized carbons (Fsp3) is 0.533. The smallest absolute Gasteiger partial charge is 0.237 e. The predicted molar refractivity (Wildman–Crippen MR) is 79.1 cm³/mol. The molecule has 2 rings (SSSR count). The molecule has 1 aliphatic rings. The van der Waals surface area contributed by atoms with Gasteiger partial charge in [0.1, 0.15) is 10.1 Å². The van der Waals surface area contributed by atoms with Gasteiger partial charge >= 0.3 is 0 Å². The SMILES string of the molecule is CC(CC(O)c1ccc(F)cc1)NC(=O)C1(Br)CCC1. The summed E-state index contributed by atoms with van der Waals surface area (Å²) in [7, 11) is 0. The van der Waals surface area contributed by atoms with Crippen LogP contribution in [0.1, 0.15) is 44.3 Å². The number of hydrogen-bond donors (Lipinski definition) is 2. The summed E-state index contributed by atoms with van der Waals surface area (Å²) < 4.78 is 12.4. The highest BCUT2D eigenvalue weighted by Gasteiger charge is 2.41. The van der Waals surface area contributed by atoms with Crippen LogP contribution in [0.15, 0.2) is 24.3 Å². The Labute approximate surface area is 126 Å². The molecular weight excluding hydrogens is 325 g/mol. The fourth-order valence-electron chi connectivity index (χ4n) is 2.28. The van der Waals surface area contributed by atoms with Crippen LogP contribution in [0.2, 0.25) is 0 Å². The highest BCUT2D eigenvalue weighted by atomic mass is 79.9. The van der Waals surface area contributed by atoms with Crippen molar-refractivity contribution in [2.75, 3.05) is 0 Å². The van der Waals surface area contributed by atoms with Crippen molar-refractivity contribution < 1.29 is 14.3 Å². The van der Waals surface area contributed by atoms with E-state index in [1.54, 1.807) is 12.1 Å². The maximum atomic E-state index is 12.8. The van der Waals surface area contributed by atoms with E-state index in [-0.39, 0.29) is 17.8 Å². The van der Waals surface area contributed by atoms with Crippen LogP contribution in [0.25, 0.3) is 0 Å². The van der Waals surface area contributed by atoms with Crippen LogP contribution in [-0.4, -0.2) is 21.4 Å². The molecule has 1 aliphatic carbocycles. The number of nitrogens with one attached hydrogen (secondary N) is 1. The van der Waals surface area contributed by atoms with E-state index in [1.165, 1.54) is 12.1 Å². The molecule has 1 amide bonds. The molecule has 0 spiro atoms. The van der Waals surface area contributed by atoms with Gasteiger partial charge in [-0.05, 0) is 50.3 Å². The van der Waals surface area contributed by atoms with Crippen LogP contribution in [0.4, 0.5) is 4.39 Å². The molecule has 2 unspecified atom stereocenters. The first-order valence-corrected chi connectivity index (χ1v) is 7.63. The highest BCUT2D eigenvalue weighted by Crippen LogP contribution is 2.40. The lowest BCUT2D eigenvalue weighted by Gasteiger charge is -2.35. The second-order valence-electron chi connectivity index (χ2n) is 5.50. The van der Waals surface area contributed by atoms with Gasteiger partial charge in [0, 0.05) is 6.04 Å². The first-order valence-electron chi connectivity index (χ1n) is 6.84. The standard InChI is InChI=1S/C15H19BrFNO2/c1-10(18-14(20)15(16)7-2-8-15)9-13(19)11-3-5-12(17)6-4-11/h3-6,10,13,19H,2,7-9H2,1H3,(H,18,20). The van der Waals surface area contributed by atoms with Crippen molar-refractivity contribution in [1.29, 1.82) is 0 Å². The van der Waals surface area contributed by atoms with E-state index in [4.69, 9.17) is 0 Å². The van der Waals surface area contributed by atoms with Crippen LogP contribution >= 0.6 is 15.9 Å². The van der Waals surface area contributed by atoms with Crippen LogP contribution < -0.4 is 5.32 Å². The number of alkyl halides is 1. The van der Waals surface area contributed by atoms with E-state index in [9.17, 15) is 14.3 Å². The Morgan fingerprint density at radius 1 is 1.45 bits per heavy atom. The van der Waals surface area contributed by atoms with Crippen molar-refractivity contribution in [2.45, 2.75) is 49.1 Å². The van der Waals surface area contributed by atoms with Gasteiger partial charge in [-0.1, -0.05) is 28.1 Å². The van der Waals surface area contributed by atoms with Gasteiger partial charge in [-0.15, -0.1) is 0 Å². The Bertz CT molecular complexity index is 473. The monoisotopic (exact) mass is 343 g/mol. The highest BCUT2D eigenvalue weighted by molar-refractivity contribution is 9.10. The molecule has 1 aromatic carbocycles. The molecule has 2 atom stereocenters. The molecule has 2 N–H and O–H groups in total. The number of aliphatic hydroxyl groups is 1. The first-order chi connectivity index (χ1) is 9.40. The molecule has 110 valence electrons. The average molecular weight is 344 g/mol. The van der Waals surface area contributed by atoms with E-state index in [2.05, 4.69) is 21.2 Å². The number of carbonyl (C=O) groups is 1. The molecule has 0 radical (unpaired) electrons. The molecule has 3 nitrogen and oxygen atoms in total. The molecule has 0 aromatic heterocycles. The fourth-order valence-corrected chi connectivity index (χ4v) is 2.96. The van der Waals surface area contributed by atoms with Gasteiger partial charge in [-0.3, -0.25) is 4.79 Å². The van der Waals surface area contributed by atoms with Gasteiger partial charge < -0.3 is 10.4 Å². The number of hydrogen-bond acceptors (Lipinski definition) is 2. The van der Waals surface area contributed by atoms with Crippen LogP contribution in [0.3, 0.4) is 0 Å². The van der Waals surface area contributed by atoms with Gasteiger partial charge in [0.2, 0.25) is 5.91 Å². The summed E-state index contributed by atoms with van der Waals surface area (Å²) in [6.07, 6.45) is 2.46. The lowest BCUT2D eigenvalue weighted by atomic mass is 9.84. The Hall–Kier alpha value is -0.940. The molecular formula is C15H19BrFNO2. The molecule has 1 aromatic rings. The summed E-state index contributed by atoms with van der Waals surface area (Å²) in [4.78, 5) is 12.0. The molecule has 5 heteroatoms. The van der Waals surface area contributed by atoms with Crippen LogP contribution in [-0.2, 0) is 4.79 Å². The minimum Gasteiger partial charge on any atom is -0.388 e. The van der Waals surface area contributed by atoms with Gasteiger partial charge in [-0.25, -0.2) is 4.39 Å². The Morgan fingerprint density at radius 3 is 2.55 bits per heavy atom. The van der Waals surface area contributed by atoms with E-state index >= 15 is 0 Å². The van der Waals surface area contributed by atoms with E-state index in [0.29, 0.717) is 12.0 Å². The maximum Gasteiger partial charge on any atom is 0.237 e. The maximum absolute atomic E-state index is 12.8. The zero-order chi connectivity index (χ0) is 14.8. The summed E-state index contributed by atoms with van der Waals surface area (Å²) in [5, 5.41) is 13.0. The van der Waals surface area contributed by atoms with Crippen molar-refractivity contribution in [3.63, 3.8) is 0 Å². The van der Waals surface area contributed by atoms with Gasteiger partial charge in [0.05, 0.1) is 6.10 Å². The number of aliphatic hydroxyl groups excluding tert-OH is 1. The van der Waals surface area contributed by atoms with Crippen molar-refractivity contribution in [2.24, 2.45) is 0 Å². The molecule has 1 fully saturated rings. The third-order valence-electron chi connectivity index (χ3n) is 3.76.